The van der Waals surface area contributed by atoms with E-state index in [1.165, 1.54) is 5.69 Å². The lowest BCUT2D eigenvalue weighted by Gasteiger charge is -2.22. The maximum absolute atomic E-state index is 4.14. The molecule has 1 unspecified atom stereocenters. The van der Waals surface area contributed by atoms with Crippen molar-refractivity contribution in [2.24, 2.45) is 4.99 Å². The molecule has 0 bridgehead atoms. The smallest absolute Gasteiger partial charge is 0.237 e. The van der Waals surface area contributed by atoms with Gasteiger partial charge in [0.25, 0.3) is 0 Å². The number of rotatable bonds is 1. The molecule has 1 atom stereocenters. The van der Waals surface area contributed by atoms with Crippen LogP contribution in [0.15, 0.2) is 35.3 Å². The predicted octanol–water partition coefficient (Wildman–Crippen LogP) is 1.54. The lowest BCUT2D eigenvalue weighted by atomic mass is 10.2. The molecule has 0 N–H and O–H groups in total. The standard InChI is InChI=1S/C10H12N2/c1-12(8-7-11-9-12)10-5-3-2-4-6-10/h2-6H,7-8H2,1H3/q+1. The molecule has 1 aromatic carbocycles. The first kappa shape index (κ1) is 7.50. The molecule has 1 aliphatic heterocycles. The molecule has 1 heterocycles. The largest absolute Gasteiger partial charge is 0.311 e. The zero-order valence-electron chi connectivity index (χ0n) is 7.20. The maximum Gasteiger partial charge on any atom is 0.311 e. The van der Waals surface area contributed by atoms with E-state index in [1.54, 1.807) is 0 Å². The van der Waals surface area contributed by atoms with E-state index in [4.69, 9.17) is 0 Å². The Kier molecular flexibility index (Phi) is 1.70. The minimum Gasteiger partial charge on any atom is -0.237 e. The molecule has 0 amide bonds. The summed E-state index contributed by atoms with van der Waals surface area (Å²) in [6, 6.07) is 10.4. The summed E-state index contributed by atoms with van der Waals surface area (Å²) in [4.78, 5) is 4.14. The van der Waals surface area contributed by atoms with E-state index in [1.807, 2.05) is 6.07 Å². The first-order chi connectivity index (χ1) is 5.81. The molecule has 1 aliphatic rings. The van der Waals surface area contributed by atoms with Crippen molar-refractivity contribution < 1.29 is 0 Å². The Morgan fingerprint density at radius 1 is 1.33 bits per heavy atom. The van der Waals surface area contributed by atoms with Crippen LogP contribution in [0.25, 0.3) is 0 Å². The summed E-state index contributed by atoms with van der Waals surface area (Å²) in [5, 5.41) is 0. The Labute approximate surface area is 72.8 Å². The molecule has 0 saturated heterocycles. The molecule has 1 aromatic rings. The minimum absolute atomic E-state index is 0.723. The van der Waals surface area contributed by atoms with E-state index in [-0.39, 0.29) is 0 Å². The van der Waals surface area contributed by atoms with Crippen molar-refractivity contribution in [3.8, 4) is 0 Å². The zero-order chi connectivity index (χ0) is 8.44. The number of quaternary nitrogens is 1. The molecular weight excluding hydrogens is 148 g/mol. The van der Waals surface area contributed by atoms with Gasteiger partial charge in [-0.15, -0.1) is 0 Å². The second kappa shape index (κ2) is 2.72. The van der Waals surface area contributed by atoms with Gasteiger partial charge in [0.1, 0.15) is 12.2 Å². The van der Waals surface area contributed by atoms with Gasteiger partial charge in [-0.25, -0.2) is 9.48 Å². The maximum atomic E-state index is 4.14. The van der Waals surface area contributed by atoms with Crippen LogP contribution in [0.5, 0.6) is 0 Å². The van der Waals surface area contributed by atoms with E-state index in [2.05, 4.69) is 42.6 Å². The summed E-state index contributed by atoms with van der Waals surface area (Å²) in [6.45, 7) is 1.93. The van der Waals surface area contributed by atoms with Crippen LogP contribution in [-0.4, -0.2) is 26.5 Å². The Bertz CT molecular complexity index is 292. The third kappa shape index (κ3) is 1.14. The number of likely N-dealkylation sites (N-methyl/N-ethyl adjacent to an activating group) is 1. The SMILES string of the molecule is C[N+]1(c2ccccc2)[C]=NCC1. The van der Waals surface area contributed by atoms with E-state index >= 15 is 0 Å². The Hall–Kier alpha value is -1.15. The van der Waals surface area contributed by atoms with E-state index < -0.39 is 0 Å². The summed E-state index contributed by atoms with van der Waals surface area (Å²) >= 11 is 0. The third-order valence-electron chi connectivity index (χ3n) is 2.28. The highest BCUT2D eigenvalue weighted by molar-refractivity contribution is 5.74. The highest BCUT2D eigenvalue weighted by atomic mass is 15.4. The fourth-order valence-electron chi connectivity index (χ4n) is 1.45. The Balaban J connectivity index is 2.36. The molecular formula is C10H12N2+. The lowest BCUT2D eigenvalue weighted by molar-refractivity contribution is 0.546. The van der Waals surface area contributed by atoms with Crippen molar-refractivity contribution in [2.45, 2.75) is 0 Å². The molecule has 0 fully saturated rings. The van der Waals surface area contributed by atoms with Crippen LogP contribution in [-0.2, 0) is 0 Å². The van der Waals surface area contributed by atoms with Crippen LogP contribution in [0.3, 0.4) is 0 Å². The number of nitrogens with zero attached hydrogens (tertiary/aromatic N) is 2. The van der Waals surface area contributed by atoms with Crippen LogP contribution in [0.1, 0.15) is 0 Å². The van der Waals surface area contributed by atoms with Gasteiger partial charge in [0, 0.05) is 0 Å². The van der Waals surface area contributed by atoms with E-state index in [0.717, 1.165) is 17.6 Å². The summed E-state index contributed by atoms with van der Waals surface area (Å²) in [6.07, 6.45) is 3.11. The van der Waals surface area contributed by atoms with Crippen molar-refractivity contribution in [3.05, 3.63) is 30.3 Å². The fraction of sp³-hybridized carbons (Fsp3) is 0.300. The van der Waals surface area contributed by atoms with Crippen LogP contribution >= 0.6 is 0 Å². The van der Waals surface area contributed by atoms with Crippen molar-refractivity contribution in [1.82, 2.24) is 4.48 Å². The van der Waals surface area contributed by atoms with E-state index in [9.17, 15) is 0 Å². The second-order valence-electron chi connectivity index (χ2n) is 3.23. The van der Waals surface area contributed by atoms with Crippen LogP contribution in [0.4, 0.5) is 5.69 Å². The zero-order valence-corrected chi connectivity index (χ0v) is 7.20. The van der Waals surface area contributed by atoms with Gasteiger partial charge in [0.2, 0.25) is 0 Å². The average molecular weight is 160 g/mol. The molecule has 1 radical (unpaired) electrons. The van der Waals surface area contributed by atoms with Gasteiger partial charge in [0.15, 0.2) is 0 Å². The molecule has 0 saturated carbocycles. The van der Waals surface area contributed by atoms with Crippen molar-refractivity contribution in [3.63, 3.8) is 0 Å². The van der Waals surface area contributed by atoms with E-state index in [0.29, 0.717) is 0 Å². The molecule has 12 heavy (non-hydrogen) atoms. The summed E-state index contributed by atoms with van der Waals surface area (Å²) in [5.74, 6) is 0. The van der Waals surface area contributed by atoms with Gasteiger partial charge in [-0.3, -0.25) is 0 Å². The summed E-state index contributed by atoms with van der Waals surface area (Å²) in [7, 11) is 2.13. The quantitative estimate of drug-likeness (QED) is 0.553. The first-order valence-electron chi connectivity index (χ1n) is 4.16. The summed E-state index contributed by atoms with van der Waals surface area (Å²) in [5.41, 5.74) is 1.26. The number of hydrogen-bond acceptors (Lipinski definition) is 1. The Morgan fingerprint density at radius 2 is 2.08 bits per heavy atom. The monoisotopic (exact) mass is 160 g/mol. The van der Waals surface area contributed by atoms with Gasteiger partial charge < -0.3 is 0 Å². The van der Waals surface area contributed by atoms with Crippen molar-refractivity contribution in [2.75, 3.05) is 20.1 Å². The Morgan fingerprint density at radius 3 is 2.67 bits per heavy atom. The fourth-order valence-corrected chi connectivity index (χ4v) is 1.45. The summed E-state index contributed by atoms with van der Waals surface area (Å²) < 4.78 is 0.723. The van der Waals surface area contributed by atoms with Gasteiger partial charge in [-0.2, -0.15) is 0 Å². The highest BCUT2D eigenvalue weighted by Gasteiger charge is 2.27. The van der Waals surface area contributed by atoms with Gasteiger partial charge in [0.05, 0.1) is 13.6 Å². The van der Waals surface area contributed by atoms with Crippen LogP contribution in [0.2, 0.25) is 0 Å². The number of aliphatic imine (C=N–C) groups is 1. The molecule has 0 aromatic heterocycles. The average Bonchev–Trinajstić information content (AvgIpc) is 2.55. The molecule has 0 spiro atoms. The van der Waals surface area contributed by atoms with Crippen LogP contribution in [0, 0.1) is 0 Å². The van der Waals surface area contributed by atoms with Crippen molar-refractivity contribution >= 4 is 12.0 Å². The number of para-hydroxylation sites is 1. The minimum atomic E-state index is 0.723. The van der Waals surface area contributed by atoms with Gasteiger partial charge >= 0.3 is 6.34 Å². The molecule has 2 nitrogen and oxygen atoms in total. The highest BCUT2D eigenvalue weighted by Crippen LogP contribution is 2.20. The lowest BCUT2D eigenvalue weighted by Crippen LogP contribution is -2.41. The van der Waals surface area contributed by atoms with Gasteiger partial charge in [-0.05, 0) is 12.1 Å². The first-order valence-corrected chi connectivity index (χ1v) is 4.16. The topological polar surface area (TPSA) is 12.4 Å². The molecule has 61 valence electrons. The predicted molar refractivity (Wildman–Crippen MR) is 51.3 cm³/mol. The molecule has 2 heteroatoms. The van der Waals surface area contributed by atoms with Gasteiger partial charge in [-0.1, -0.05) is 18.2 Å². The normalized spacial score (nSPS) is 27.8. The third-order valence-corrected chi connectivity index (χ3v) is 2.28. The molecule has 2 rings (SSSR count). The van der Waals surface area contributed by atoms with Crippen LogP contribution < -0.4 is 4.48 Å². The van der Waals surface area contributed by atoms with Crippen molar-refractivity contribution in [1.29, 1.82) is 0 Å². The number of benzene rings is 1. The number of hydrogen-bond donors (Lipinski definition) is 0. The second-order valence-corrected chi connectivity index (χ2v) is 3.23. The molecule has 0 aliphatic carbocycles.